The smallest absolute Gasteiger partial charge is 0.228 e. The third-order valence-corrected chi connectivity index (χ3v) is 6.00. The highest BCUT2D eigenvalue weighted by Gasteiger charge is 2.45. The number of carbonyl (C=O) groups is 2. The first-order valence-electron chi connectivity index (χ1n) is 8.98. The SMILES string of the molecule is NC1CCC2CN(C(=O)C3CC(=O)N(Cc4ccccc4)C3)CC12. The van der Waals surface area contributed by atoms with E-state index in [4.69, 9.17) is 5.73 Å². The van der Waals surface area contributed by atoms with Crippen molar-refractivity contribution in [1.82, 2.24) is 9.80 Å². The van der Waals surface area contributed by atoms with E-state index in [0.717, 1.165) is 31.5 Å². The highest BCUT2D eigenvalue weighted by molar-refractivity contribution is 5.89. The molecule has 24 heavy (non-hydrogen) atoms. The largest absolute Gasteiger partial charge is 0.342 e. The fraction of sp³-hybridized carbons (Fsp3) is 0.579. The Morgan fingerprint density at radius 1 is 1.12 bits per heavy atom. The van der Waals surface area contributed by atoms with Gasteiger partial charge >= 0.3 is 0 Å². The first kappa shape index (κ1) is 15.6. The van der Waals surface area contributed by atoms with Gasteiger partial charge in [-0.05, 0) is 30.2 Å². The number of nitrogens with zero attached hydrogens (tertiary/aromatic N) is 2. The van der Waals surface area contributed by atoms with Crippen LogP contribution in [0.3, 0.4) is 0 Å². The molecule has 4 unspecified atom stereocenters. The Balaban J connectivity index is 1.37. The maximum absolute atomic E-state index is 12.8. The zero-order valence-electron chi connectivity index (χ0n) is 13.9. The van der Waals surface area contributed by atoms with E-state index in [9.17, 15) is 9.59 Å². The standard InChI is InChI=1S/C19H25N3O2/c20-17-7-6-14-10-22(12-16(14)17)19(24)15-8-18(23)21(11-15)9-13-4-2-1-3-5-13/h1-5,14-17H,6-12,20H2. The molecular weight excluding hydrogens is 302 g/mol. The predicted molar refractivity (Wildman–Crippen MR) is 90.7 cm³/mol. The van der Waals surface area contributed by atoms with Gasteiger partial charge in [-0.3, -0.25) is 9.59 Å². The number of hydrogen-bond acceptors (Lipinski definition) is 3. The molecule has 1 saturated carbocycles. The number of nitrogens with two attached hydrogens (primary N) is 1. The topological polar surface area (TPSA) is 66.6 Å². The van der Waals surface area contributed by atoms with Crippen molar-refractivity contribution in [2.45, 2.75) is 31.8 Å². The Morgan fingerprint density at radius 3 is 2.67 bits per heavy atom. The summed E-state index contributed by atoms with van der Waals surface area (Å²) in [5.41, 5.74) is 7.28. The molecule has 128 valence electrons. The molecule has 2 heterocycles. The molecule has 5 heteroatoms. The molecule has 5 nitrogen and oxygen atoms in total. The monoisotopic (exact) mass is 327 g/mol. The molecule has 1 aromatic carbocycles. The predicted octanol–water partition coefficient (Wildman–Crippen LogP) is 1.23. The fourth-order valence-corrected chi connectivity index (χ4v) is 4.64. The van der Waals surface area contributed by atoms with Crippen LogP contribution in [0.4, 0.5) is 0 Å². The molecule has 4 rings (SSSR count). The van der Waals surface area contributed by atoms with Gasteiger partial charge in [0.2, 0.25) is 11.8 Å². The summed E-state index contributed by atoms with van der Waals surface area (Å²) in [6, 6.07) is 10.2. The van der Waals surface area contributed by atoms with Crippen LogP contribution in [0.1, 0.15) is 24.8 Å². The number of amides is 2. The molecule has 1 aliphatic carbocycles. The molecule has 2 saturated heterocycles. The summed E-state index contributed by atoms with van der Waals surface area (Å²) in [5.74, 6) is 1.10. The molecule has 0 bridgehead atoms. The van der Waals surface area contributed by atoms with E-state index in [-0.39, 0.29) is 23.8 Å². The van der Waals surface area contributed by atoms with Crippen molar-refractivity contribution in [3.05, 3.63) is 35.9 Å². The lowest BCUT2D eigenvalue weighted by Crippen LogP contribution is -2.38. The highest BCUT2D eigenvalue weighted by Crippen LogP contribution is 2.38. The van der Waals surface area contributed by atoms with Crippen molar-refractivity contribution in [3.63, 3.8) is 0 Å². The van der Waals surface area contributed by atoms with Gasteiger partial charge in [-0.15, -0.1) is 0 Å². The Kier molecular flexibility index (Phi) is 4.04. The highest BCUT2D eigenvalue weighted by atomic mass is 16.2. The van der Waals surface area contributed by atoms with Gasteiger partial charge in [0.1, 0.15) is 0 Å². The molecule has 3 fully saturated rings. The third-order valence-electron chi connectivity index (χ3n) is 6.00. The summed E-state index contributed by atoms with van der Waals surface area (Å²) in [7, 11) is 0. The van der Waals surface area contributed by atoms with Crippen LogP contribution in [-0.2, 0) is 16.1 Å². The van der Waals surface area contributed by atoms with Gasteiger partial charge in [-0.2, -0.15) is 0 Å². The van der Waals surface area contributed by atoms with E-state index in [2.05, 4.69) is 0 Å². The first-order valence-corrected chi connectivity index (χ1v) is 8.98. The lowest BCUT2D eigenvalue weighted by atomic mass is 9.98. The average molecular weight is 327 g/mol. The summed E-state index contributed by atoms with van der Waals surface area (Å²) in [6.07, 6.45) is 2.58. The quantitative estimate of drug-likeness (QED) is 0.908. The minimum atomic E-state index is -0.184. The molecule has 2 aliphatic heterocycles. The Hall–Kier alpha value is -1.88. The van der Waals surface area contributed by atoms with Crippen LogP contribution in [0.15, 0.2) is 30.3 Å². The molecular formula is C19H25N3O2. The molecule has 3 aliphatic rings. The summed E-state index contributed by atoms with van der Waals surface area (Å²) in [4.78, 5) is 28.9. The minimum Gasteiger partial charge on any atom is -0.342 e. The van der Waals surface area contributed by atoms with Crippen LogP contribution < -0.4 is 5.73 Å². The molecule has 4 atom stereocenters. The number of likely N-dealkylation sites (tertiary alicyclic amines) is 2. The van der Waals surface area contributed by atoms with Crippen molar-refractivity contribution >= 4 is 11.8 Å². The van der Waals surface area contributed by atoms with Crippen molar-refractivity contribution in [2.24, 2.45) is 23.5 Å². The Labute approximate surface area is 142 Å². The van der Waals surface area contributed by atoms with E-state index in [1.807, 2.05) is 40.1 Å². The fourth-order valence-electron chi connectivity index (χ4n) is 4.64. The lowest BCUT2D eigenvalue weighted by molar-refractivity contribution is -0.135. The van der Waals surface area contributed by atoms with E-state index in [1.165, 1.54) is 0 Å². The van der Waals surface area contributed by atoms with Gasteiger partial charge in [0, 0.05) is 38.6 Å². The zero-order chi connectivity index (χ0) is 16.7. The Bertz CT molecular complexity index is 633. The van der Waals surface area contributed by atoms with Crippen LogP contribution >= 0.6 is 0 Å². The van der Waals surface area contributed by atoms with Crippen LogP contribution in [0.25, 0.3) is 0 Å². The van der Waals surface area contributed by atoms with Crippen molar-refractivity contribution in [1.29, 1.82) is 0 Å². The summed E-state index contributed by atoms with van der Waals surface area (Å²) >= 11 is 0. The van der Waals surface area contributed by atoms with E-state index in [0.29, 0.717) is 31.3 Å². The third kappa shape index (κ3) is 2.81. The van der Waals surface area contributed by atoms with Crippen LogP contribution in [0.2, 0.25) is 0 Å². The number of fused-ring (bicyclic) bond motifs is 1. The van der Waals surface area contributed by atoms with Crippen molar-refractivity contribution in [2.75, 3.05) is 19.6 Å². The molecule has 2 amide bonds. The number of hydrogen-bond donors (Lipinski definition) is 1. The molecule has 0 aromatic heterocycles. The van der Waals surface area contributed by atoms with E-state index < -0.39 is 0 Å². The maximum Gasteiger partial charge on any atom is 0.228 e. The van der Waals surface area contributed by atoms with Crippen LogP contribution in [0.5, 0.6) is 0 Å². The second kappa shape index (κ2) is 6.20. The average Bonchev–Trinajstić information content (AvgIpc) is 3.25. The first-order chi connectivity index (χ1) is 11.6. The van der Waals surface area contributed by atoms with Crippen LogP contribution in [0, 0.1) is 17.8 Å². The lowest BCUT2D eigenvalue weighted by Gasteiger charge is -2.22. The Morgan fingerprint density at radius 2 is 1.92 bits per heavy atom. The van der Waals surface area contributed by atoms with Gasteiger partial charge in [0.05, 0.1) is 5.92 Å². The van der Waals surface area contributed by atoms with E-state index in [1.54, 1.807) is 0 Å². The minimum absolute atomic E-state index is 0.0910. The van der Waals surface area contributed by atoms with Gasteiger partial charge < -0.3 is 15.5 Å². The molecule has 2 N–H and O–H groups in total. The second-order valence-electron chi connectivity index (χ2n) is 7.57. The molecule has 0 radical (unpaired) electrons. The van der Waals surface area contributed by atoms with Crippen molar-refractivity contribution < 1.29 is 9.59 Å². The summed E-state index contributed by atoms with van der Waals surface area (Å²) in [6.45, 7) is 2.76. The number of benzene rings is 1. The van der Waals surface area contributed by atoms with Gasteiger partial charge in [-0.25, -0.2) is 0 Å². The van der Waals surface area contributed by atoms with Gasteiger partial charge in [0.15, 0.2) is 0 Å². The zero-order valence-corrected chi connectivity index (χ0v) is 13.9. The van der Waals surface area contributed by atoms with Gasteiger partial charge in [0.25, 0.3) is 0 Å². The van der Waals surface area contributed by atoms with Crippen molar-refractivity contribution in [3.8, 4) is 0 Å². The molecule has 1 aromatic rings. The summed E-state index contributed by atoms with van der Waals surface area (Å²) in [5, 5.41) is 0. The van der Waals surface area contributed by atoms with Gasteiger partial charge in [-0.1, -0.05) is 30.3 Å². The molecule has 0 spiro atoms. The second-order valence-corrected chi connectivity index (χ2v) is 7.57. The normalized spacial score (nSPS) is 32.5. The number of rotatable bonds is 3. The summed E-state index contributed by atoms with van der Waals surface area (Å²) < 4.78 is 0. The van der Waals surface area contributed by atoms with E-state index >= 15 is 0 Å². The van der Waals surface area contributed by atoms with Crippen LogP contribution in [-0.4, -0.2) is 47.3 Å². The maximum atomic E-state index is 12.8. The number of carbonyl (C=O) groups excluding carboxylic acids is 2.